The van der Waals surface area contributed by atoms with Gasteiger partial charge in [-0.05, 0) is 38.3 Å². The maximum absolute atomic E-state index is 12.6. The first-order chi connectivity index (χ1) is 14.7. The van der Waals surface area contributed by atoms with E-state index in [-0.39, 0.29) is 42.7 Å². The van der Waals surface area contributed by atoms with Crippen LogP contribution in [0.25, 0.3) is 0 Å². The summed E-state index contributed by atoms with van der Waals surface area (Å²) >= 11 is 0. The molecule has 1 aromatic rings. The van der Waals surface area contributed by atoms with Gasteiger partial charge >= 0.3 is 0 Å². The van der Waals surface area contributed by atoms with Crippen LogP contribution in [0.15, 0.2) is 23.2 Å². The average Bonchev–Trinajstić information content (AvgIpc) is 3.52. The van der Waals surface area contributed by atoms with E-state index in [0.29, 0.717) is 24.8 Å². The third kappa shape index (κ3) is 6.30. The third-order valence-electron chi connectivity index (χ3n) is 5.86. The van der Waals surface area contributed by atoms with Crippen molar-refractivity contribution < 1.29 is 19.0 Å². The normalized spacial score (nSPS) is 20.5. The number of hydrogen-bond donors (Lipinski definition) is 2. The molecule has 2 heterocycles. The summed E-state index contributed by atoms with van der Waals surface area (Å²) in [5.41, 5.74) is 0. The molecule has 1 amide bonds. The molecule has 0 radical (unpaired) electrons. The molecule has 2 aliphatic heterocycles. The summed E-state index contributed by atoms with van der Waals surface area (Å²) in [4.78, 5) is 19.3. The SMILES string of the molecule is CCNC(=NCCOc1ccc2c(c1)OCO2)NC1CCN(C(=O)C2CCCC2)C1.I. The highest BCUT2D eigenvalue weighted by atomic mass is 127. The minimum absolute atomic E-state index is 0. The molecule has 0 spiro atoms. The first-order valence-corrected chi connectivity index (χ1v) is 11.1. The molecule has 1 aromatic carbocycles. The van der Waals surface area contributed by atoms with Gasteiger partial charge in [0.2, 0.25) is 12.7 Å². The zero-order valence-corrected chi connectivity index (χ0v) is 20.4. The zero-order chi connectivity index (χ0) is 20.8. The van der Waals surface area contributed by atoms with E-state index in [4.69, 9.17) is 14.2 Å². The monoisotopic (exact) mass is 544 g/mol. The van der Waals surface area contributed by atoms with Crippen molar-refractivity contribution in [1.82, 2.24) is 15.5 Å². The molecule has 1 aliphatic carbocycles. The van der Waals surface area contributed by atoms with E-state index < -0.39 is 0 Å². The predicted molar refractivity (Wildman–Crippen MR) is 130 cm³/mol. The number of nitrogens with zero attached hydrogens (tertiary/aromatic N) is 2. The second-order valence-electron chi connectivity index (χ2n) is 8.02. The van der Waals surface area contributed by atoms with Crippen molar-refractivity contribution in [2.75, 3.05) is 39.6 Å². The Balaban J connectivity index is 0.00000272. The summed E-state index contributed by atoms with van der Waals surface area (Å²) in [5, 5.41) is 6.76. The lowest BCUT2D eigenvalue weighted by atomic mass is 10.1. The van der Waals surface area contributed by atoms with E-state index in [9.17, 15) is 4.79 Å². The Kier molecular flexibility index (Phi) is 8.91. The number of halogens is 1. The first kappa shape index (κ1) is 23.7. The molecule has 0 aromatic heterocycles. The number of rotatable bonds is 7. The van der Waals surface area contributed by atoms with Gasteiger partial charge < -0.3 is 29.7 Å². The maximum Gasteiger partial charge on any atom is 0.231 e. The average molecular weight is 544 g/mol. The highest BCUT2D eigenvalue weighted by molar-refractivity contribution is 14.0. The van der Waals surface area contributed by atoms with Crippen molar-refractivity contribution in [3.8, 4) is 17.2 Å². The number of hydrogen-bond acceptors (Lipinski definition) is 5. The van der Waals surface area contributed by atoms with E-state index in [2.05, 4.69) is 15.6 Å². The van der Waals surface area contributed by atoms with Crippen LogP contribution in [0.3, 0.4) is 0 Å². The van der Waals surface area contributed by atoms with Crippen LogP contribution in [-0.4, -0.2) is 62.4 Å². The molecule has 1 atom stereocenters. The van der Waals surface area contributed by atoms with Crippen molar-refractivity contribution in [1.29, 1.82) is 0 Å². The Morgan fingerprint density at radius 1 is 1.23 bits per heavy atom. The maximum atomic E-state index is 12.6. The van der Waals surface area contributed by atoms with Crippen molar-refractivity contribution in [2.45, 2.75) is 45.1 Å². The smallest absolute Gasteiger partial charge is 0.231 e. The Morgan fingerprint density at radius 3 is 2.84 bits per heavy atom. The van der Waals surface area contributed by atoms with E-state index >= 15 is 0 Å². The molecule has 31 heavy (non-hydrogen) atoms. The lowest BCUT2D eigenvalue weighted by molar-refractivity contribution is -0.134. The fourth-order valence-corrected chi connectivity index (χ4v) is 4.31. The first-order valence-electron chi connectivity index (χ1n) is 11.1. The number of ether oxygens (including phenoxy) is 3. The summed E-state index contributed by atoms with van der Waals surface area (Å²) in [5.74, 6) is 3.56. The van der Waals surface area contributed by atoms with Crippen LogP contribution in [0.5, 0.6) is 17.2 Å². The minimum Gasteiger partial charge on any atom is -0.492 e. The molecule has 2 N–H and O–H groups in total. The Hall–Kier alpha value is -1.91. The number of fused-ring (bicyclic) bond motifs is 1. The van der Waals surface area contributed by atoms with Gasteiger partial charge in [0.05, 0.1) is 6.54 Å². The molecule has 2 fully saturated rings. The number of guanidine groups is 1. The molecular weight excluding hydrogens is 511 g/mol. The minimum atomic E-state index is 0. The van der Waals surface area contributed by atoms with Gasteiger partial charge in [0.25, 0.3) is 0 Å². The second-order valence-corrected chi connectivity index (χ2v) is 8.02. The van der Waals surface area contributed by atoms with Crippen LogP contribution in [0.1, 0.15) is 39.0 Å². The van der Waals surface area contributed by atoms with Crippen molar-refractivity contribution in [3.05, 3.63) is 18.2 Å². The molecule has 1 saturated carbocycles. The lowest BCUT2D eigenvalue weighted by Crippen LogP contribution is -2.45. The molecule has 1 unspecified atom stereocenters. The molecule has 3 aliphatic rings. The van der Waals surface area contributed by atoms with Gasteiger partial charge in [0, 0.05) is 37.7 Å². The quantitative estimate of drug-likeness (QED) is 0.238. The van der Waals surface area contributed by atoms with Gasteiger partial charge in [0.1, 0.15) is 12.4 Å². The van der Waals surface area contributed by atoms with Gasteiger partial charge in [-0.1, -0.05) is 12.8 Å². The summed E-state index contributed by atoms with van der Waals surface area (Å²) in [6, 6.07) is 5.80. The summed E-state index contributed by atoms with van der Waals surface area (Å²) in [6.45, 7) is 5.67. The van der Waals surface area contributed by atoms with Gasteiger partial charge in [-0.15, -0.1) is 24.0 Å². The van der Waals surface area contributed by atoms with Gasteiger partial charge in [-0.2, -0.15) is 0 Å². The standard InChI is InChI=1S/C22H32N4O4.HI/c1-2-23-22(24-10-12-28-18-7-8-19-20(13-18)30-15-29-19)25-17-9-11-26(14-17)21(27)16-5-3-4-6-16;/h7-8,13,16-17H,2-6,9-12,14-15H2,1H3,(H2,23,24,25);1H. The van der Waals surface area contributed by atoms with Crippen molar-refractivity contribution in [3.63, 3.8) is 0 Å². The highest BCUT2D eigenvalue weighted by Crippen LogP contribution is 2.35. The molecule has 8 nitrogen and oxygen atoms in total. The lowest BCUT2D eigenvalue weighted by Gasteiger charge is -2.21. The van der Waals surface area contributed by atoms with Crippen LogP contribution < -0.4 is 24.8 Å². The number of benzene rings is 1. The Morgan fingerprint density at radius 2 is 2.03 bits per heavy atom. The van der Waals surface area contributed by atoms with E-state index in [1.165, 1.54) is 12.8 Å². The van der Waals surface area contributed by atoms with Crippen molar-refractivity contribution in [2.24, 2.45) is 10.9 Å². The molecule has 172 valence electrons. The summed E-state index contributed by atoms with van der Waals surface area (Å²) in [7, 11) is 0. The van der Waals surface area contributed by atoms with E-state index in [0.717, 1.165) is 56.4 Å². The molecule has 0 bridgehead atoms. The molecule has 1 saturated heterocycles. The predicted octanol–water partition coefficient (Wildman–Crippen LogP) is 2.76. The molecule has 4 rings (SSSR count). The van der Waals surface area contributed by atoms with E-state index in [1.807, 2.05) is 30.0 Å². The fraction of sp³-hybridized carbons (Fsp3) is 0.636. The zero-order valence-electron chi connectivity index (χ0n) is 18.1. The summed E-state index contributed by atoms with van der Waals surface area (Å²) < 4.78 is 16.5. The fourth-order valence-electron chi connectivity index (χ4n) is 4.31. The molecular formula is C22H33IN4O4. The van der Waals surface area contributed by atoms with Crippen molar-refractivity contribution >= 4 is 35.8 Å². The van der Waals surface area contributed by atoms with Crippen LogP contribution in [0, 0.1) is 5.92 Å². The summed E-state index contributed by atoms with van der Waals surface area (Å²) in [6.07, 6.45) is 5.45. The highest BCUT2D eigenvalue weighted by Gasteiger charge is 2.32. The van der Waals surface area contributed by atoms with Crippen LogP contribution >= 0.6 is 24.0 Å². The molecule has 9 heteroatoms. The van der Waals surface area contributed by atoms with Crippen LogP contribution in [0.4, 0.5) is 0 Å². The number of aliphatic imine (C=N–C) groups is 1. The van der Waals surface area contributed by atoms with Crippen LogP contribution in [0.2, 0.25) is 0 Å². The Labute approximate surface area is 201 Å². The van der Waals surface area contributed by atoms with E-state index in [1.54, 1.807) is 0 Å². The number of nitrogens with one attached hydrogen (secondary N) is 2. The number of carbonyl (C=O) groups is 1. The second kappa shape index (κ2) is 11.6. The van der Waals surface area contributed by atoms with Gasteiger partial charge in [0.15, 0.2) is 17.5 Å². The third-order valence-corrected chi connectivity index (χ3v) is 5.86. The Bertz CT molecular complexity index is 770. The number of likely N-dealkylation sites (tertiary alicyclic amines) is 1. The van der Waals surface area contributed by atoms with Gasteiger partial charge in [-0.3, -0.25) is 4.79 Å². The van der Waals surface area contributed by atoms with Gasteiger partial charge in [-0.25, -0.2) is 4.99 Å². The number of amides is 1. The largest absolute Gasteiger partial charge is 0.492 e. The number of carbonyl (C=O) groups excluding carboxylic acids is 1. The topological polar surface area (TPSA) is 84.4 Å². The van der Waals surface area contributed by atoms with Crippen LogP contribution in [-0.2, 0) is 4.79 Å².